The third kappa shape index (κ3) is 6.85. The van der Waals surface area contributed by atoms with Gasteiger partial charge in [0.25, 0.3) is 0 Å². The van der Waals surface area contributed by atoms with Crippen LogP contribution in [-0.2, 0) is 0 Å². The van der Waals surface area contributed by atoms with Crippen LogP contribution in [0, 0.1) is 0 Å². The van der Waals surface area contributed by atoms with Crippen molar-refractivity contribution in [1.82, 2.24) is 0 Å². The molecule has 122 valence electrons. The minimum atomic E-state index is 0.426. The molecule has 22 heavy (non-hydrogen) atoms. The Morgan fingerprint density at radius 1 is 1.27 bits per heavy atom. The van der Waals surface area contributed by atoms with Crippen LogP contribution in [0.4, 0.5) is 0 Å². The minimum Gasteiger partial charge on any atom is -0.493 e. The van der Waals surface area contributed by atoms with Gasteiger partial charge in [-0.25, -0.2) is 0 Å². The number of hydrogen-bond donors (Lipinski definition) is 1. The average molecular weight is 323 g/mol. The fourth-order valence-electron chi connectivity index (χ4n) is 1.79. The number of ether oxygens (including phenoxy) is 2. The van der Waals surface area contributed by atoms with Crippen molar-refractivity contribution >= 4 is 23.1 Å². The van der Waals surface area contributed by atoms with E-state index in [0.29, 0.717) is 17.5 Å². The van der Waals surface area contributed by atoms with E-state index in [-0.39, 0.29) is 0 Å². The summed E-state index contributed by atoms with van der Waals surface area (Å²) in [7, 11) is 1.63. The van der Waals surface area contributed by atoms with Crippen LogP contribution < -0.4 is 15.2 Å². The highest BCUT2D eigenvalue weighted by atomic mass is 32.2. The van der Waals surface area contributed by atoms with Crippen LogP contribution >= 0.6 is 11.8 Å². The summed E-state index contributed by atoms with van der Waals surface area (Å²) < 4.78 is 11.1. The molecule has 5 nitrogen and oxygen atoms in total. The molecular weight excluding hydrogens is 298 g/mol. The molecule has 0 amide bonds. The molecule has 0 aliphatic rings. The number of methoxy groups -OCH3 is 1. The summed E-state index contributed by atoms with van der Waals surface area (Å²) in [6.45, 7) is 2.90. The van der Waals surface area contributed by atoms with E-state index in [9.17, 15) is 0 Å². The second-order valence-electron chi connectivity index (χ2n) is 4.71. The van der Waals surface area contributed by atoms with Crippen molar-refractivity contribution in [3.05, 3.63) is 23.8 Å². The van der Waals surface area contributed by atoms with Crippen molar-refractivity contribution in [1.29, 1.82) is 0 Å². The van der Waals surface area contributed by atoms with E-state index in [4.69, 9.17) is 15.2 Å². The number of hydrogen-bond acceptors (Lipinski definition) is 5. The molecule has 1 aromatic rings. The number of thioether (sulfide) groups is 1. The van der Waals surface area contributed by atoms with E-state index >= 15 is 0 Å². The van der Waals surface area contributed by atoms with Crippen molar-refractivity contribution in [3.63, 3.8) is 0 Å². The van der Waals surface area contributed by atoms with Crippen molar-refractivity contribution in [3.8, 4) is 11.5 Å². The maximum atomic E-state index is 5.77. The zero-order chi connectivity index (χ0) is 16.2. The fourth-order valence-corrected chi connectivity index (χ4v) is 1.92. The lowest BCUT2D eigenvalue weighted by Crippen LogP contribution is -2.04. The van der Waals surface area contributed by atoms with Gasteiger partial charge in [-0.1, -0.05) is 37.9 Å². The normalized spacial score (nSPS) is 11.9. The first kappa shape index (κ1) is 18.4. The lowest BCUT2D eigenvalue weighted by Gasteiger charge is -2.11. The van der Waals surface area contributed by atoms with Gasteiger partial charge >= 0.3 is 0 Å². The molecule has 6 heteroatoms. The molecule has 0 aromatic heterocycles. The van der Waals surface area contributed by atoms with Gasteiger partial charge in [-0.05, 0) is 36.4 Å². The largest absolute Gasteiger partial charge is 0.493 e. The quantitative estimate of drug-likeness (QED) is 0.326. The Balaban J connectivity index is 2.62. The van der Waals surface area contributed by atoms with E-state index < -0.39 is 0 Å². The molecule has 1 aromatic carbocycles. The van der Waals surface area contributed by atoms with Gasteiger partial charge in [0.05, 0.1) is 19.9 Å². The summed E-state index contributed by atoms with van der Waals surface area (Å²) in [5.74, 6) is 1.45. The third-order valence-electron chi connectivity index (χ3n) is 3.02. The van der Waals surface area contributed by atoms with Crippen LogP contribution in [-0.4, -0.2) is 31.4 Å². The van der Waals surface area contributed by atoms with Gasteiger partial charge in [-0.15, -0.1) is 5.10 Å². The first-order valence-corrected chi connectivity index (χ1v) is 8.65. The number of amidine groups is 1. The number of benzene rings is 1. The Morgan fingerprint density at radius 2 is 2.09 bits per heavy atom. The molecule has 0 unspecified atom stereocenters. The number of nitrogens with zero attached hydrogens (tertiary/aromatic N) is 2. The van der Waals surface area contributed by atoms with Crippen LogP contribution in [0.2, 0.25) is 0 Å². The molecular formula is C16H25N3O2S. The topological polar surface area (TPSA) is 69.2 Å². The Kier molecular flexibility index (Phi) is 9.14. The Morgan fingerprint density at radius 3 is 2.77 bits per heavy atom. The summed E-state index contributed by atoms with van der Waals surface area (Å²) in [4.78, 5) is 0. The van der Waals surface area contributed by atoms with Crippen LogP contribution in [0.3, 0.4) is 0 Å². The first-order chi connectivity index (χ1) is 10.7. The summed E-state index contributed by atoms with van der Waals surface area (Å²) in [5.41, 5.74) is 6.44. The number of nitrogens with two attached hydrogens (primary N) is 1. The van der Waals surface area contributed by atoms with Gasteiger partial charge in [0.15, 0.2) is 16.7 Å². The van der Waals surface area contributed by atoms with Crippen LogP contribution in [0.1, 0.15) is 38.2 Å². The lowest BCUT2D eigenvalue weighted by atomic mass is 10.2. The SMILES string of the molecule is CCCCCCOc1ccc(/C=N\N=C(/N)SC)cc1OC. The second kappa shape index (κ2) is 11.0. The van der Waals surface area contributed by atoms with Gasteiger partial charge < -0.3 is 15.2 Å². The molecule has 0 aliphatic heterocycles. The fraction of sp³-hybridized carbons (Fsp3) is 0.500. The maximum absolute atomic E-state index is 5.77. The monoisotopic (exact) mass is 323 g/mol. The second-order valence-corrected chi connectivity index (χ2v) is 5.53. The highest BCUT2D eigenvalue weighted by Gasteiger charge is 2.05. The molecule has 0 fully saturated rings. The zero-order valence-corrected chi connectivity index (χ0v) is 14.4. The predicted octanol–water partition coefficient (Wildman–Crippen LogP) is 3.67. The van der Waals surface area contributed by atoms with Gasteiger partial charge in [-0.2, -0.15) is 5.10 Å². The number of rotatable bonds is 9. The molecule has 0 aliphatic carbocycles. The summed E-state index contributed by atoms with van der Waals surface area (Å²) in [6, 6.07) is 5.68. The van der Waals surface area contributed by atoms with E-state index in [2.05, 4.69) is 17.1 Å². The molecule has 2 N–H and O–H groups in total. The summed E-state index contributed by atoms with van der Waals surface area (Å²) in [6.07, 6.45) is 8.21. The summed E-state index contributed by atoms with van der Waals surface area (Å²) in [5, 5.41) is 8.21. The Hall–Kier alpha value is -1.69. The van der Waals surface area contributed by atoms with Crippen molar-refractivity contribution in [2.45, 2.75) is 32.6 Å². The molecule has 0 spiro atoms. The molecule has 0 atom stereocenters. The van der Waals surface area contributed by atoms with E-state index in [1.165, 1.54) is 31.0 Å². The lowest BCUT2D eigenvalue weighted by molar-refractivity contribution is 0.285. The van der Waals surface area contributed by atoms with Crippen LogP contribution in [0.5, 0.6) is 11.5 Å². The molecule has 0 saturated carbocycles. The number of unbranched alkanes of at least 4 members (excludes halogenated alkanes) is 3. The van der Waals surface area contributed by atoms with Crippen molar-refractivity contribution in [2.24, 2.45) is 15.9 Å². The maximum Gasteiger partial charge on any atom is 0.180 e. The van der Waals surface area contributed by atoms with E-state index in [1.807, 2.05) is 24.5 Å². The molecule has 0 bridgehead atoms. The Bertz CT molecular complexity index is 504. The average Bonchev–Trinajstić information content (AvgIpc) is 2.55. The highest BCUT2D eigenvalue weighted by Crippen LogP contribution is 2.27. The van der Waals surface area contributed by atoms with E-state index in [0.717, 1.165) is 17.7 Å². The standard InChI is InChI=1S/C16H25N3O2S/c1-4-5-6-7-10-21-14-9-8-13(11-15(14)20-2)12-18-19-16(17)22-3/h8-9,11-12H,4-7,10H2,1-3H3,(H2,17,19)/b18-12-. The third-order valence-corrected chi connectivity index (χ3v) is 3.52. The minimum absolute atomic E-state index is 0.426. The summed E-state index contributed by atoms with van der Waals surface area (Å²) >= 11 is 1.35. The van der Waals surface area contributed by atoms with Crippen molar-refractivity contribution in [2.75, 3.05) is 20.0 Å². The van der Waals surface area contributed by atoms with Crippen LogP contribution in [0.25, 0.3) is 0 Å². The first-order valence-electron chi connectivity index (χ1n) is 7.42. The van der Waals surface area contributed by atoms with Gasteiger partial charge in [0, 0.05) is 0 Å². The van der Waals surface area contributed by atoms with Crippen molar-refractivity contribution < 1.29 is 9.47 Å². The smallest absolute Gasteiger partial charge is 0.180 e. The molecule has 0 heterocycles. The predicted molar refractivity (Wildman–Crippen MR) is 95.4 cm³/mol. The molecule has 0 radical (unpaired) electrons. The Labute approximate surface area is 137 Å². The van der Waals surface area contributed by atoms with Gasteiger partial charge in [0.2, 0.25) is 0 Å². The molecule has 0 saturated heterocycles. The molecule has 1 rings (SSSR count). The van der Waals surface area contributed by atoms with Gasteiger partial charge in [0.1, 0.15) is 0 Å². The van der Waals surface area contributed by atoms with E-state index in [1.54, 1.807) is 13.3 Å². The zero-order valence-electron chi connectivity index (χ0n) is 13.5. The van der Waals surface area contributed by atoms with Crippen LogP contribution in [0.15, 0.2) is 28.4 Å². The van der Waals surface area contributed by atoms with Gasteiger partial charge in [-0.3, -0.25) is 0 Å². The highest BCUT2D eigenvalue weighted by molar-refractivity contribution is 8.13.